The summed E-state index contributed by atoms with van der Waals surface area (Å²) in [6.07, 6.45) is 9.51. The summed E-state index contributed by atoms with van der Waals surface area (Å²) in [6, 6.07) is 0. The standard InChI is InChI=1S/C7H9N3/c1-7-6-8-2-4-10(7)5-3-9-7/h2-6,9H,1H3. The number of rotatable bonds is 0. The van der Waals surface area contributed by atoms with Gasteiger partial charge in [-0.25, -0.2) is 0 Å². The molecule has 1 N–H and O–H groups in total. The minimum absolute atomic E-state index is 0.116. The van der Waals surface area contributed by atoms with Crippen molar-refractivity contribution in [2.24, 2.45) is 4.99 Å². The van der Waals surface area contributed by atoms with Crippen LogP contribution in [0.15, 0.2) is 29.8 Å². The van der Waals surface area contributed by atoms with Crippen LogP contribution in [0.25, 0.3) is 0 Å². The first-order valence-corrected chi connectivity index (χ1v) is 3.25. The molecule has 2 heterocycles. The fourth-order valence-electron chi connectivity index (χ4n) is 1.12. The minimum Gasteiger partial charge on any atom is -0.363 e. The monoisotopic (exact) mass is 135 g/mol. The molecule has 2 rings (SSSR count). The summed E-state index contributed by atoms with van der Waals surface area (Å²) in [6.45, 7) is 2.07. The van der Waals surface area contributed by atoms with Gasteiger partial charge in [-0.1, -0.05) is 0 Å². The molecule has 0 aliphatic carbocycles. The maximum atomic E-state index is 4.04. The maximum Gasteiger partial charge on any atom is 0.147 e. The quantitative estimate of drug-likeness (QED) is 0.527. The third kappa shape index (κ3) is 0.572. The Morgan fingerprint density at radius 2 is 2.40 bits per heavy atom. The summed E-state index contributed by atoms with van der Waals surface area (Å²) >= 11 is 0. The lowest BCUT2D eigenvalue weighted by atomic mass is 10.2. The molecule has 2 aliphatic heterocycles. The van der Waals surface area contributed by atoms with E-state index in [2.05, 4.69) is 22.1 Å². The molecule has 0 spiro atoms. The summed E-state index contributed by atoms with van der Waals surface area (Å²) in [5.74, 6) is 0. The molecule has 0 aromatic rings. The van der Waals surface area contributed by atoms with Gasteiger partial charge in [-0.3, -0.25) is 4.99 Å². The fourth-order valence-corrected chi connectivity index (χ4v) is 1.12. The second-order valence-corrected chi connectivity index (χ2v) is 2.59. The minimum atomic E-state index is -0.116. The Hall–Kier alpha value is -1.25. The Balaban J connectivity index is 2.35. The van der Waals surface area contributed by atoms with Gasteiger partial charge >= 0.3 is 0 Å². The zero-order valence-corrected chi connectivity index (χ0v) is 5.78. The average molecular weight is 135 g/mol. The van der Waals surface area contributed by atoms with Crippen molar-refractivity contribution in [3.63, 3.8) is 0 Å². The van der Waals surface area contributed by atoms with E-state index in [1.807, 2.05) is 24.8 Å². The molecule has 1 atom stereocenters. The van der Waals surface area contributed by atoms with Crippen LogP contribution in [0.1, 0.15) is 6.92 Å². The SMILES string of the molecule is CC12C=NC=CN1C=CN2. The first-order valence-electron chi connectivity index (χ1n) is 3.25. The average Bonchev–Trinajstić information content (AvgIpc) is 2.29. The zero-order valence-electron chi connectivity index (χ0n) is 5.78. The number of nitrogens with one attached hydrogen (secondary N) is 1. The first-order chi connectivity index (χ1) is 4.81. The molecule has 0 fully saturated rings. The van der Waals surface area contributed by atoms with Crippen LogP contribution in [0.4, 0.5) is 0 Å². The Morgan fingerprint density at radius 3 is 3.20 bits per heavy atom. The van der Waals surface area contributed by atoms with Gasteiger partial charge < -0.3 is 10.2 Å². The summed E-state index contributed by atoms with van der Waals surface area (Å²) in [5.41, 5.74) is -0.116. The van der Waals surface area contributed by atoms with E-state index in [1.54, 1.807) is 6.20 Å². The molecule has 3 nitrogen and oxygen atoms in total. The van der Waals surface area contributed by atoms with Crippen molar-refractivity contribution in [2.75, 3.05) is 0 Å². The lowest BCUT2D eigenvalue weighted by molar-refractivity contribution is 0.319. The number of fused-ring (bicyclic) bond motifs is 1. The van der Waals surface area contributed by atoms with Crippen molar-refractivity contribution in [1.29, 1.82) is 0 Å². The first kappa shape index (κ1) is 5.53. The van der Waals surface area contributed by atoms with E-state index in [0.717, 1.165) is 0 Å². The number of hydrogen-bond donors (Lipinski definition) is 1. The predicted molar refractivity (Wildman–Crippen MR) is 40.2 cm³/mol. The van der Waals surface area contributed by atoms with Gasteiger partial charge in [-0.15, -0.1) is 0 Å². The highest BCUT2D eigenvalue weighted by Crippen LogP contribution is 2.18. The van der Waals surface area contributed by atoms with Crippen molar-refractivity contribution >= 4 is 6.21 Å². The van der Waals surface area contributed by atoms with E-state index in [0.29, 0.717) is 0 Å². The normalized spacial score (nSPS) is 34.3. The van der Waals surface area contributed by atoms with Gasteiger partial charge in [0.1, 0.15) is 5.66 Å². The van der Waals surface area contributed by atoms with Crippen LogP contribution in [-0.4, -0.2) is 16.8 Å². The third-order valence-corrected chi connectivity index (χ3v) is 1.79. The van der Waals surface area contributed by atoms with Crippen LogP contribution < -0.4 is 5.32 Å². The van der Waals surface area contributed by atoms with Gasteiger partial charge in [0.2, 0.25) is 0 Å². The van der Waals surface area contributed by atoms with E-state index in [4.69, 9.17) is 0 Å². The summed E-state index contributed by atoms with van der Waals surface area (Å²) in [7, 11) is 0. The van der Waals surface area contributed by atoms with Crippen LogP contribution in [0.3, 0.4) is 0 Å². The van der Waals surface area contributed by atoms with Gasteiger partial charge in [0, 0.05) is 24.8 Å². The summed E-state index contributed by atoms with van der Waals surface area (Å²) in [5, 5.41) is 3.18. The predicted octanol–water partition coefficient (Wildman–Crippen LogP) is 0.635. The van der Waals surface area contributed by atoms with Crippen LogP contribution >= 0.6 is 0 Å². The number of nitrogens with zero attached hydrogens (tertiary/aromatic N) is 2. The van der Waals surface area contributed by atoms with Crippen LogP contribution in [-0.2, 0) is 0 Å². The van der Waals surface area contributed by atoms with E-state index in [1.165, 1.54) is 0 Å². The fraction of sp³-hybridized carbons (Fsp3) is 0.286. The molecule has 10 heavy (non-hydrogen) atoms. The number of aliphatic imine (C=N–C) groups is 1. The molecule has 1 unspecified atom stereocenters. The van der Waals surface area contributed by atoms with Crippen molar-refractivity contribution in [2.45, 2.75) is 12.6 Å². The molecule has 0 saturated carbocycles. The molecule has 2 aliphatic rings. The van der Waals surface area contributed by atoms with E-state index in [9.17, 15) is 0 Å². The molecule has 0 saturated heterocycles. The summed E-state index contributed by atoms with van der Waals surface area (Å²) < 4.78 is 0. The number of hydrogen-bond acceptors (Lipinski definition) is 3. The largest absolute Gasteiger partial charge is 0.363 e. The second-order valence-electron chi connectivity index (χ2n) is 2.59. The van der Waals surface area contributed by atoms with Gasteiger partial charge in [0.05, 0.1) is 6.21 Å². The second kappa shape index (κ2) is 1.62. The van der Waals surface area contributed by atoms with Crippen LogP contribution in [0.2, 0.25) is 0 Å². The van der Waals surface area contributed by atoms with E-state index < -0.39 is 0 Å². The lowest BCUT2D eigenvalue weighted by Gasteiger charge is -2.31. The molecule has 3 heteroatoms. The Labute approximate surface area is 59.7 Å². The molecule has 52 valence electrons. The van der Waals surface area contributed by atoms with Crippen molar-refractivity contribution < 1.29 is 0 Å². The van der Waals surface area contributed by atoms with Crippen molar-refractivity contribution in [1.82, 2.24) is 10.2 Å². The Bertz CT molecular complexity index is 229. The molecule has 0 aromatic carbocycles. The van der Waals surface area contributed by atoms with Gasteiger partial charge in [-0.2, -0.15) is 0 Å². The topological polar surface area (TPSA) is 27.6 Å². The molecular weight excluding hydrogens is 126 g/mol. The lowest BCUT2D eigenvalue weighted by Crippen LogP contribution is -2.48. The van der Waals surface area contributed by atoms with E-state index in [-0.39, 0.29) is 5.66 Å². The molecule has 0 aromatic heterocycles. The molecular formula is C7H9N3. The van der Waals surface area contributed by atoms with Crippen molar-refractivity contribution in [3.05, 3.63) is 24.8 Å². The molecule has 0 bridgehead atoms. The highest BCUT2D eigenvalue weighted by atomic mass is 15.3. The Kier molecular flexibility index (Phi) is 0.897. The smallest absolute Gasteiger partial charge is 0.147 e. The zero-order chi connectivity index (χ0) is 7.03. The van der Waals surface area contributed by atoms with Crippen LogP contribution in [0.5, 0.6) is 0 Å². The third-order valence-electron chi connectivity index (χ3n) is 1.79. The molecule has 0 radical (unpaired) electrons. The maximum absolute atomic E-state index is 4.04. The van der Waals surface area contributed by atoms with Gasteiger partial charge in [-0.05, 0) is 6.92 Å². The molecule has 0 amide bonds. The Morgan fingerprint density at radius 1 is 1.50 bits per heavy atom. The highest BCUT2D eigenvalue weighted by molar-refractivity contribution is 5.72. The van der Waals surface area contributed by atoms with E-state index >= 15 is 0 Å². The highest BCUT2D eigenvalue weighted by Gasteiger charge is 2.29. The summed E-state index contributed by atoms with van der Waals surface area (Å²) in [4.78, 5) is 6.11. The van der Waals surface area contributed by atoms with Gasteiger partial charge in [0.25, 0.3) is 0 Å². The van der Waals surface area contributed by atoms with Crippen molar-refractivity contribution in [3.8, 4) is 0 Å². The van der Waals surface area contributed by atoms with Crippen LogP contribution in [0, 0.1) is 0 Å². The van der Waals surface area contributed by atoms with Gasteiger partial charge in [0.15, 0.2) is 0 Å².